The lowest BCUT2D eigenvalue weighted by molar-refractivity contribution is 0.0531. The third-order valence-corrected chi connectivity index (χ3v) is 6.22. The lowest BCUT2D eigenvalue weighted by atomic mass is 10.2. The maximum atomic E-state index is 13.3. The smallest absolute Gasteiger partial charge is 0.348 e. The third kappa shape index (κ3) is 4.07. The first kappa shape index (κ1) is 20.4. The van der Waals surface area contributed by atoms with E-state index in [9.17, 15) is 9.59 Å². The van der Waals surface area contributed by atoms with Gasteiger partial charge in [0.25, 0.3) is 5.56 Å². The molecule has 0 aliphatic rings. The average Bonchev–Trinajstić information content (AvgIpc) is 2.99. The lowest BCUT2D eigenvalue weighted by Gasteiger charge is -2.11. The summed E-state index contributed by atoms with van der Waals surface area (Å²) in [4.78, 5) is 30.9. The topological polar surface area (TPSA) is 85.0 Å². The summed E-state index contributed by atoms with van der Waals surface area (Å²) in [7, 11) is 0. The van der Waals surface area contributed by atoms with Gasteiger partial charge in [0.05, 0.1) is 30.4 Å². The van der Waals surface area contributed by atoms with E-state index >= 15 is 0 Å². The van der Waals surface area contributed by atoms with Crippen LogP contribution in [0.25, 0.3) is 10.2 Å². The molecule has 2 heterocycles. The number of aromatic nitrogens is 2. The third-order valence-electron chi connectivity index (χ3n) is 3.97. The fourth-order valence-corrected chi connectivity index (χ4v) is 4.74. The molecule has 0 aliphatic heterocycles. The molecule has 0 atom stereocenters. The fraction of sp³-hybridized carbons (Fsp3) is 0.263. The quantitative estimate of drug-likeness (QED) is 0.328. The Morgan fingerprint density at radius 1 is 1.46 bits per heavy atom. The molecule has 0 fully saturated rings. The summed E-state index contributed by atoms with van der Waals surface area (Å²) in [5.74, 6) is -0.308. The van der Waals surface area contributed by atoms with E-state index in [4.69, 9.17) is 21.6 Å². The van der Waals surface area contributed by atoms with E-state index in [2.05, 4.69) is 11.1 Å². The van der Waals surface area contributed by atoms with Crippen LogP contribution in [0.3, 0.4) is 0 Å². The van der Waals surface area contributed by atoms with Crippen LogP contribution < -0.4 is 5.56 Å². The minimum atomic E-state index is -0.463. The highest BCUT2D eigenvalue weighted by molar-refractivity contribution is 7.99. The lowest BCUT2D eigenvalue weighted by Crippen LogP contribution is -2.24. The molecule has 0 N–H and O–H groups in total. The first-order valence-electron chi connectivity index (χ1n) is 8.41. The number of esters is 1. The van der Waals surface area contributed by atoms with Gasteiger partial charge in [0, 0.05) is 5.02 Å². The van der Waals surface area contributed by atoms with Crippen molar-refractivity contribution in [2.45, 2.75) is 25.5 Å². The van der Waals surface area contributed by atoms with E-state index in [1.165, 1.54) is 16.3 Å². The molecule has 3 rings (SSSR count). The van der Waals surface area contributed by atoms with Gasteiger partial charge in [0.1, 0.15) is 9.71 Å². The highest BCUT2D eigenvalue weighted by Gasteiger charge is 2.22. The summed E-state index contributed by atoms with van der Waals surface area (Å²) in [5.41, 5.74) is 1.15. The summed E-state index contributed by atoms with van der Waals surface area (Å²) in [6.07, 6.45) is 0. The molecule has 0 spiro atoms. The van der Waals surface area contributed by atoms with Crippen LogP contribution in [-0.2, 0) is 11.3 Å². The SMILES string of the molecule is CCOC(=O)c1sc2nc(SCC#N)n(Cc3cccc(Cl)c3)c(=O)c2c1C. The Morgan fingerprint density at radius 2 is 2.25 bits per heavy atom. The molecule has 0 aliphatic carbocycles. The predicted octanol–water partition coefficient (Wildman–Crippen LogP) is 4.26. The number of carbonyl (C=O) groups is 1. The van der Waals surface area contributed by atoms with E-state index in [-0.39, 0.29) is 24.5 Å². The predicted molar refractivity (Wildman–Crippen MR) is 111 cm³/mol. The number of fused-ring (bicyclic) bond motifs is 1. The molecule has 28 heavy (non-hydrogen) atoms. The van der Waals surface area contributed by atoms with Crippen molar-refractivity contribution >= 4 is 50.9 Å². The summed E-state index contributed by atoms with van der Waals surface area (Å²) in [5, 5.41) is 10.3. The minimum absolute atomic E-state index is 0.155. The van der Waals surface area contributed by atoms with Crippen LogP contribution in [-0.4, -0.2) is 27.9 Å². The van der Waals surface area contributed by atoms with Crippen LogP contribution in [0.15, 0.2) is 34.2 Å². The number of hydrogen-bond acceptors (Lipinski definition) is 7. The van der Waals surface area contributed by atoms with Gasteiger partial charge in [0.2, 0.25) is 0 Å². The summed E-state index contributed by atoms with van der Waals surface area (Å²) in [6.45, 7) is 3.97. The fourth-order valence-electron chi connectivity index (χ4n) is 2.75. The number of benzene rings is 1. The highest BCUT2D eigenvalue weighted by Crippen LogP contribution is 2.30. The largest absolute Gasteiger partial charge is 0.462 e. The molecule has 2 aromatic heterocycles. The van der Waals surface area contributed by atoms with E-state index in [1.54, 1.807) is 26.0 Å². The van der Waals surface area contributed by atoms with Crippen molar-refractivity contribution < 1.29 is 9.53 Å². The number of thiophene rings is 1. The Balaban J connectivity index is 2.18. The van der Waals surface area contributed by atoms with Crippen LogP contribution in [0.1, 0.15) is 27.7 Å². The average molecular weight is 434 g/mol. The molecule has 0 unspecified atom stereocenters. The molecule has 1 aromatic carbocycles. The highest BCUT2D eigenvalue weighted by atomic mass is 35.5. The molecular formula is C19H16ClN3O3S2. The van der Waals surface area contributed by atoms with Gasteiger partial charge >= 0.3 is 5.97 Å². The Kier molecular flexibility index (Phi) is 6.39. The monoisotopic (exact) mass is 433 g/mol. The number of nitriles is 1. The van der Waals surface area contributed by atoms with Gasteiger partial charge in [-0.15, -0.1) is 11.3 Å². The molecule has 6 nitrogen and oxygen atoms in total. The van der Waals surface area contributed by atoms with Gasteiger partial charge in [-0.3, -0.25) is 9.36 Å². The molecule has 0 saturated heterocycles. The van der Waals surface area contributed by atoms with Gasteiger partial charge < -0.3 is 4.74 Å². The number of carbonyl (C=O) groups excluding carboxylic acids is 1. The van der Waals surface area contributed by atoms with Crippen LogP contribution in [0.2, 0.25) is 5.02 Å². The van der Waals surface area contributed by atoms with Crippen molar-refractivity contribution in [2.75, 3.05) is 12.4 Å². The zero-order valence-electron chi connectivity index (χ0n) is 15.2. The number of aryl methyl sites for hydroxylation is 1. The van der Waals surface area contributed by atoms with Crippen molar-refractivity contribution in [3.05, 3.63) is 55.6 Å². The van der Waals surface area contributed by atoms with Crippen molar-refractivity contribution in [3.8, 4) is 6.07 Å². The van der Waals surface area contributed by atoms with Crippen molar-refractivity contribution in [2.24, 2.45) is 0 Å². The van der Waals surface area contributed by atoms with Gasteiger partial charge in [-0.2, -0.15) is 5.26 Å². The molecular weight excluding hydrogens is 418 g/mol. The number of halogens is 1. The van der Waals surface area contributed by atoms with Crippen molar-refractivity contribution in [1.82, 2.24) is 9.55 Å². The number of ether oxygens (including phenoxy) is 1. The van der Waals surface area contributed by atoms with E-state index in [1.807, 2.05) is 12.1 Å². The molecule has 144 valence electrons. The zero-order valence-corrected chi connectivity index (χ0v) is 17.6. The maximum Gasteiger partial charge on any atom is 0.348 e. The molecule has 0 amide bonds. The first-order chi connectivity index (χ1) is 13.5. The van der Waals surface area contributed by atoms with Gasteiger partial charge in [-0.1, -0.05) is 35.5 Å². The first-order valence-corrected chi connectivity index (χ1v) is 10.6. The normalized spacial score (nSPS) is 10.8. The second kappa shape index (κ2) is 8.78. The van der Waals surface area contributed by atoms with Crippen molar-refractivity contribution in [1.29, 1.82) is 5.26 Å². The Hall–Kier alpha value is -2.34. The number of thioether (sulfide) groups is 1. The second-order valence-electron chi connectivity index (χ2n) is 5.82. The van der Waals surface area contributed by atoms with Crippen LogP contribution in [0.5, 0.6) is 0 Å². The van der Waals surface area contributed by atoms with Crippen LogP contribution in [0.4, 0.5) is 0 Å². The molecule has 0 saturated carbocycles. The maximum absolute atomic E-state index is 13.3. The minimum Gasteiger partial charge on any atom is -0.462 e. The van der Waals surface area contributed by atoms with Crippen molar-refractivity contribution in [3.63, 3.8) is 0 Å². The number of nitrogens with zero attached hydrogens (tertiary/aromatic N) is 3. The summed E-state index contributed by atoms with van der Waals surface area (Å²) in [6, 6.07) is 9.27. The number of rotatable bonds is 6. The Morgan fingerprint density at radius 3 is 2.93 bits per heavy atom. The molecule has 3 aromatic rings. The van der Waals surface area contributed by atoms with Gasteiger partial charge in [-0.05, 0) is 37.1 Å². The second-order valence-corrected chi connectivity index (χ2v) is 8.20. The molecule has 0 bridgehead atoms. The zero-order chi connectivity index (χ0) is 20.3. The Labute approximate surface area is 174 Å². The summed E-state index contributed by atoms with van der Waals surface area (Å²) < 4.78 is 6.60. The van der Waals surface area contributed by atoms with Crippen LogP contribution >= 0.6 is 34.7 Å². The van der Waals surface area contributed by atoms with E-state index < -0.39 is 5.97 Å². The van der Waals surface area contributed by atoms with Gasteiger partial charge in [0.15, 0.2) is 5.16 Å². The van der Waals surface area contributed by atoms with E-state index in [0.29, 0.717) is 30.8 Å². The summed E-state index contributed by atoms with van der Waals surface area (Å²) >= 11 is 8.38. The molecule has 9 heteroatoms. The standard InChI is InChI=1S/C19H16ClN3O3S2/c1-3-26-18(25)15-11(2)14-16(28-15)22-19(27-8-7-21)23(17(14)24)10-12-5-4-6-13(20)9-12/h4-6,9H,3,8,10H2,1-2H3. The van der Waals surface area contributed by atoms with Crippen LogP contribution in [0, 0.1) is 18.3 Å². The van der Waals surface area contributed by atoms with Gasteiger partial charge in [-0.25, -0.2) is 9.78 Å². The molecule has 0 radical (unpaired) electrons. The Bertz CT molecular complexity index is 1150. The van der Waals surface area contributed by atoms with E-state index in [0.717, 1.165) is 16.9 Å². The number of hydrogen-bond donors (Lipinski definition) is 0.